The molecule has 5 nitrogen and oxygen atoms in total. The lowest BCUT2D eigenvalue weighted by Gasteiger charge is -2.28. The van der Waals surface area contributed by atoms with E-state index in [1.54, 1.807) is 0 Å². The first kappa shape index (κ1) is 27.5. The Balaban J connectivity index is 1.60. The number of benzene rings is 2. The van der Waals surface area contributed by atoms with Gasteiger partial charge in [0.1, 0.15) is 0 Å². The van der Waals surface area contributed by atoms with Crippen molar-refractivity contribution in [1.82, 2.24) is 4.90 Å². The van der Waals surface area contributed by atoms with Gasteiger partial charge in [-0.2, -0.15) is 0 Å². The molecule has 3 atom stereocenters. The van der Waals surface area contributed by atoms with Gasteiger partial charge in [-0.25, -0.2) is 8.78 Å². The van der Waals surface area contributed by atoms with Crippen LogP contribution in [0.4, 0.5) is 8.78 Å². The van der Waals surface area contributed by atoms with E-state index in [2.05, 4.69) is 11.0 Å². The van der Waals surface area contributed by atoms with Crippen LogP contribution in [0.3, 0.4) is 0 Å². The number of halogens is 3. The Morgan fingerprint density at radius 1 is 1.26 bits per heavy atom. The summed E-state index contributed by atoms with van der Waals surface area (Å²) in [7, 11) is 0. The Morgan fingerprint density at radius 2 is 2.00 bits per heavy atom. The molecule has 1 saturated heterocycles. The number of hydrogen-bond donors (Lipinski definition) is 2. The summed E-state index contributed by atoms with van der Waals surface area (Å²) in [6, 6.07) is 8.54. The van der Waals surface area contributed by atoms with Gasteiger partial charge in [0.25, 0.3) is 0 Å². The molecule has 0 aliphatic carbocycles. The van der Waals surface area contributed by atoms with Gasteiger partial charge in [0.05, 0.1) is 18.8 Å². The first-order valence-corrected chi connectivity index (χ1v) is 12.5. The van der Waals surface area contributed by atoms with Crippen molar-refractivity contribution in [2.45, 2.75) is 70.6 Å². The Morgan fingerprint density at radius 3 is 2.69 bits per heavy atom. The van der Waals surface area contributed by atoms with Crippen LogP contribution in [0.5, 0.6) is 0 Å². The minimum atomic E-state index is -1.02. The standard InChI is InChI=1S/C27H34ClF2NO4/c1-3-26(22-14-25(30)24(29)13-19(22)8-9-27(33)34)35-16-21(32)15-31-10-4-5-20(31)11-18-7-6-17(2)23(28)12-18/h6-7,12-14,20-21,26,32H,3-5,8-11,15-16H2,1-2H3,(H,33,34)/t20-,21+,26+/m0/s1. The third-order valence-corrected chi connectivity index (χ3v) is 7.06. The van der Waals surface area contributed by atoms with E-state index in [1.807, 2.05) is 26.0 Å². The predicted molar refractivity (Wildman–Crippen MR) is 132 cm³/mol. The van der Waals surface area contributed by atoms with Crippen molar-refractivity contribution in [2.75, 3.05) is 19.7 Å². The average Bonchev–Trinajstić information content (AvgIpc) is 3.23. The number of carbonyl (C=O) groups is 1. The number of carboxylic acids is 1. The Hall–Kier alpha value is -2.06. The molecule has 0 aromatic heterocycles. The van der Waals surface area contributed by atoms with Crippen LogP contribution in [0.15, 0.2) is 30.3 Å². The van der Waals surface area contributed by atoms with E-state index < -0.39 is 29.8 Å². The summed E-state index contributed by atoms with van der Waals surface area (Å²) < 4.78 is 33.7. The molecule has 2 aromatic carbocycles. The van der Waals surface area contributed by atoms with Crippen molar-refractivity contribution in [3.8, 4) is 0 Å². The second-order valence-electron chi connectivity index (χ2n) is 9.32. The second-order valence-corrected chi connectivity index (χ2v) is 9.73. The normalized spacial score (nSPS) is 18.1. The monoisotopic (exact) mass is 509 g/mol. The van der Waals surface area contributed by atoms with Gasteiger partial charge in [0.2, 0.25) is 0 Å². The number of aliphatic carboxylic acids is 1. The number of nitrogens with zero attached hydrogens (tertiary/aromatic N) is 1. The third kappa shape index (κ3) is 7.71. The first-order chi connectivity index (χ1) is 16.7. The van der Waals surface area contributed by atoms with Gasteiger partial charge >= 0.3 is 5.97 Å². The van der Waals surface area contributed by atoms with Crippen LogP contribution in [0, 0.1) is 18.6 Å². The number of carboxylic acid groups (broad SMARTS) is 1. The van der Waals surface area contributed by atoms with Crippen LogP contribution < -0.4 is 0 Å². The lowest BCUT2D eigenvalue weighted by atomic mass is 9.96. The highest BCUT2D eigenvalue weighted by molar-refractivity contribution is 6.31. The number of aliphatic hydroxyl groups is 1. The molecular formula is C27H34ClF2NO4. The number of β-amino-alcohol motifs (C(OH)–C–C–N with tert-alkyl or cyclic N) is 1. The van der Waals surface area contributed by atoms with Gasteiger partial charge in [0, 0.05) is 24.0 Å². The van der Waals surface area contributed by atoms with Crippen molar-refractivity contribution in [2.24, 2.45) is 0 Å². The predicted octanol–water partition coefficient (Wildman–Crippen LogP) is 5.48. The summed E-state index contributed by atoms with van der Waals surface area (Å²) in [6.45, 7) is 5.20. The van der Waals surface area contributed by atoms with Crippen molar-refractivity contribution >= 4 is 17.6 Å². The summed E-state index contributed by atoms with van der Waals surface area (Å²) in [6.07, 6.45) is 1.97. The maximum Gasteiger partial charge on any atom is 0.303 e. The van der Waals surface area contributed by atoms with Crippen LogP contribution in [0.2, 0.25) is 5.02 Å². The molecule has 0 radical (unpaired) electrons. The molecule has 1 aliphatic heterocycles. The van der Waals surface area contributed by atoms with E-state index in [4.69, 9.17) is 21.4 Å². The lowest BCUT2D eigenvalue weighted by Crippen LogP contribution is -2.39. The van der Waals surface area contributed by atoms with Crippen molar-refractivity contribution in [3.05, 3.63) is 69.2 Å². The molecule has 0 spiro atoms. The second kappa shape index (κ2) is 12.8. The molecule has 2 aromatic rings. The maximum absolute atomic E-state index is 14.0. The van der Waals surface area contributed by atoms with Gasteiger partial charge in [-0.1, -0.05) is 30.7 Å². The van der Waals surface area contributed by atoms with Crippen LogP contribution in [0.25, 0.3) is 0 Å². The molecule has 3 rings (SSSR count). The van der Waals surface area contributed by atoms with Gasteiger partial charge < -0.3 is 14.9 Å². The third-order valence-electron chi connectivity index (χ3n) is 6.65. The van der Waals surface area contributed by atoms with Gasteiger partial charge in [-0.15, -0.1) is 0 Å². The molecule has 1 aliphatic rings. The van der Waals surface area contributed by atoms with Crippen LogP contribution in [-0.4, -0.2) is 52.9 Å². The quantitative estimate of drug-likeness (QED) is 0.396. The number of aliphatic hydroxyl groups excluding tert-OH is 1. The molecule has 0 saturated carbocycles. The molecule has 35 heavy (non-hydrogen) atoms. The smallest absolute Gasteiger partial charge is 0.303 e. The fourth-order valence-corrected chi connectivity index (χ4v) is 4.94. The van der Waals surface area contributed by atoms with E-state index in [0.29, 0.717) is 30.1 Å². The Bertz CT molecular complexity index is 1020. The number of aryl methyl sites for hydroxylation is 2. The zero-order valence-corrected chi connectivity index (χ0v) is 21.0. The number of rotatable bonds is 12. The summed E-state index contributed by atoms with van der Waals surface area (Å²) in [5, 5.41) is 20.5. The van der Waals surface area contributed by atoms with Gasteiger partial charge in [-0.3, -0.25) is 9.69 Å². The topological polar surface area (TPSA) is 70.0 Å². The summed E-state index contributed by atoms with van der Waals surface area (Å²) >= 11 is 6.28. The number of likely N-dealkylation sites (tertiary alicyclic amines) is 1. The summed E-state index contributed by atoms with van der Waals surface area (Å²) in [4.78, 5) is 13.2. The molecule has 1 fully saturated rings. The molecule has 0 bridgehead atoms. The maximum atomic E-state index is 14.0. The molecular weight excluding hydrogens is 476 g/mol. The van der Waals surface area contributed by atoms with E-state index in [-0.39, 0.29) is 19.4 Å². The zero-order chi connectivity index (χ0) is 25.5. The summed E-state index contributed by atoms with van der Waals surface area (Å²) in [5.41, 5.74) is 3.05. The molecule has 8 heteroatoms. The van der Waals surface area contributed by atoms with Crippen molar-refractivity contribution < 1.29 is 28.5 Å². The highest BCUT2D eigenvalue weighted by Gasteiger charge is 2.27. The molecule has 192 valence electrons. The van der Waals surface area contributed by atoms with Crippen LogP contribution in [0.1, 0.15) is 61.0 Å². The van der Waals surface area contributed by atoms with E-state index >= 15 is 0 Å². The highest BCUT2D eigenvalue weighted by atomic mass is 35.5. The minimum Gasteiger partial charge on any atom is -0.481 e. The van der Waals surface area contributed by atoms with E-state index in [1.165, 1.54) is 5.56 Å². The minimum absolute atomic E-state index is 0.0372. The lowest BCUT2D eigenvalue weighted by molar-refractivity contribution is -0.136. The van der Waals surface area contributed by atoms with Gasteiger partial charge in [-0.05, 0) is 86.0 Å². The van der Waals surface area contributed by atoms with E-state index in [0.717, 1.165) is 48.5 Å². The Kier molecular flexibility index (Phi) is 10.0. The highest BCUT2D eigenvalue weighted by Crippen LogP contribution is 2.29. The Labute approximate surface area is 210 Å². The fraction of sp³-hybridized carbons (Fsp3) is 0.519. The molecule has 0 amide bonds. The van der Waals surface area contributed by atoms with Gasteiger partial charge in [0.15, 0.2) is 11.6 Å². The summed E-state index contributed by atoms with van der Waals surface area (Å²) in [5.74, 6) is -3.03. The van der Waals surface area contributed by atoms with Crippen molar-refractivity contribution in [1.29, 1.82) is 0 Å². The largest absolute Gasteiger partial charge is 0.481 e. The van der Waals surface area contributed by atoms with E-state index in [9.17, 15) is 18.7 Å². The number of ether oxygens (including phenoxy) is 1. The molecule has 0 unspecified atom stereocenters. The fourth-order valence-electron chi connectivity index (χ4n) is 4.74. The average molecular weight is 510 g/mol. The zero-order valence-electron chi connectivity index (χ0n) is 20.3. The number of hydrogen-bond acceptors (Lipinski definition) is 4. The molecule has 1 heterocycles. The molecule has 2 N–H and O–H groups in total. The first-order valence-electron chi connectivity index (χ1n) is 12.2. The van der Waals surface area contributed by atoms with Crippen LogP contribution in [-0.2, 0) is 22.4 Å². The SMILES string of the molecule is CC[C@@H](OC[C@H](O)CN1CCC[C@H]1Cc1ccc(C)c(Cl)c1)c1cc(F)c(F)cc1CCC(=O)O. The van der Waals surface area contributed by atoms with Crippen molar-refractivity contribution in [3.63, 3.8) is 0 Å². The van der Waals surface area contributed by atoms with Crippen LogP contribution >= 0.6 is 11.6 Å².